The molecular formula is C11H19NO3S. The summed E-state index contributed by atoms with van der Waals surface area (Å²) in [5.74, 6) is 0.940. The van der Waals surface area contributed by atoms with Crippen molar-refractivity contribution >= 4 is 23.6 Å². The number of amides is 1. The zero-order chi connectivity index (χ0) is 12.1. The maximum absolute atomic E-state index is 12.0. The lowest BCUT2D eigenvalue weighted by atomic mass is 10.1. The van der Waals surface area contributed by atoms with E-state index in [1.54, 1.807) is 16.7 Å². The molecule has 0 aromatic carbocycles. The predicted molar refractivity (Wildman–Crippen MR) is 64.5 cm³/mol. The molecule has 5 heteroatoms. The van der Waals surface area contributed by atoms with Crippen LogP contribution in [-0.4, -0.2) is 46.0 Å². The van der Waals surface area contributed by atoms with E-state index in [0.717, 1.165) is 17.9 Å². The Morgan fingerprint density at radius 3 is 2.81 bits per heavy atom. The van der Waals surface area contributed by atoms with Gasteiger partial charge in [-0.3, -0.25) is 9.59 Å². The zero-order valence-corrected chi connectivity index (χ0v) is 10.6. The first kappa shape index (κ1) is 13.4. The Morgan fingerprint density at radius 2 is 2.25 bits per heavy atom. The molecule has 2 unspecified atom stereocenters. The van der Waals surface area contributed by atoms with E-state index < -0.39 is 5.97 Å². The van der Waals surface area contributed by atoms with E-state index in [1.165, 1.54) is 0 Å². The second kappa shape index (κ2) is 6.13. The standard InChI is InChI=1S/C11H19NO3S/c1-3-8(2)11(15)12-4-5-16-7-9(12)6-10(13)14/h8-9H,3-7H2,1-2H3,(H,13,14). The highest BCUT2D eigenvalue weighted by Gasteiger charge is 2.30. The predicted octanol–water partition coefficient (Wildman–Crippen LogP) is 1.45. The molecule has 0 saturated carbocycles. The number of nitrogens with zero attached hydrogens (tertiary/aromatic N) is 1. The monoisotopic (exact) mass is 245 g/mol. The topological polar surface area (TPSA) is 57.6 Å². The van der Waals surface area contributed by atoms with Crippen molar-refractivity contribution in [3.8, 4) is 0 Å². The van der Waals surface area contributed by atoms with Crippen molar-refractivity contribution in [2.45, 2.75) is 32.7 Å². The Kier molecular flexibility index (Phi) is 5.12. The number of hydrogen-bond acceptors (Lipinski definition) is 3. The van der Waals surface area contributed by atoms with E-state index in [2.05, 4.69) is 0 Å². The second-order valence-electron chi connectivity index (χ2n) is 4.17. The van der Waals surface area contributed by atoms with Crippen LogP contribution in [0.4, 0.5) is 0 Å². The SMILES string of the molecule is CCC(C)C(=O)N1CCSCC1CC(=O)O. The fourth-order valence-electron chi connectivity index (χ4n) is 1.77. The van der Waals surface area contributed by atoms with Crippen LogP contribution >= 0.6 is 11.8 Å². The van der Waals surface area contributed by atoms with Gasteiger partial charge in [0.25, 0.3) is 0 Å². The van der Waals surface area contributed by atoms with Crippen molar-refractivity contribution < 1.29 is 14.7 Å². The number of aliphatic carboxylic acids is 1. The summed E-state index contributed by atoms with van der Waals surface area (Å²) in [4.78, 5) is 24.5. The quantitative estimate of drug-likeness (QED) is 0.814. The Labute approximate surface area is 100 Å². The van der Waals surface area contributed by atoms with E-state index in [-0.39, 0.29) is 24.3 Å². The molecule has 2 atom stereocenters. The van der Waals surface area contributed by atoms with Gasteiger partial charge in [0.2, 0.25) is 5.91 Å². The van der Waals surface area contributed by atoms with Crippen LogP contribution < -0.4 is 0 Å². The highest BCUT2D eigenvalue weighted by atomic mass is 32.2. The molecule has 1 N–H and O–H groups in total. The minimum Gasteiger partial charge on any atom is -0.481 e. The molecule has 16 heavy (non-hydrogen) atoms. The van der Waals surface area contributed by atoms with Crippen molar-refractivity contribution in [3.63, 3.8) is 0 Å². The van der Waals surface area contributed by atoms with Crippen molar-refractivity contribution in [3.05, 3.63) is 0 Å². The van der Waals surface area contributed by atoms with Crippen LogP contribution in [0.25, 0.3) is 0 Å². The van der Waals surface area contributed by atoms with Gasteiger partial charge in [0.1, 0.15) is 0 Å². The fraction of sp³-hybridized carbons (Fsp3) is 0.818. The number of carbonyl (C=O) groups is 2. The van der Waals surface area contributed by atoms with E-state index in [4.69, 9.17) is 5.11 Å². The molecule has 0 aromatic heterocycles. The molecule has 1 amide bonds. The average molecular weight is 245 g/mol. The minimum absolute atomic E-state index is 0.000560. The number of carboxylic acid groups (broad SMARTS) is 1. The number of carboxylic acids is 1. The van der Waals surface area contributed by atoms with Gasteiger partial charge >= 0.3 is 5.97 Å². The van der Waals surface area contributed by atoms with E-state index in [0.29, 0.717) is 6.54 Å². The van der Waals surface area contributed by atoms with Gasteiger partial charge in [-0.15, -0.1) is 0 Å². The van der Waals surface area contributed by atoms with Crippen molar-refractivity contribution in [1.29, 1.82) is 0 Å². The molecule has 1 heterocycles. The number of thioether (sulfide) groups is 1. The minimum atomic E-state index is -0.825. The summed E-state index contributed by atoms with van der Waals surface area (Å²) >= 11 is 1.73. The number of rotatable bonds is 4. The molecule has 92 valence electrons. The highest BCUT2D eigenvalue weighted by Crippen LogP contribution is 2.21. The van der Waals surface area contributed by atoms with Crippen LogP contribution in [0.2, 0.25) is 0 Å². The van der Waals surface area contributed by atoms with Crippen LogP contribution in [-0.2, 0) is 9.59 Å². The summed E-state index contributed by atoms with van der Waals surface area (Å²) in [6, 6.07) is -0.127. The van der Waals surface area contributed by atoms with Gasteiger partial charge in [-0.1, -0.05) is 13.8 Å². The van der Waals surface area contributed by atoms with Crippen molar-refractivity contribution in [2.24, 2.45) is 5.92 Å². The lowest BCUT2D eigenvalue weighted by Gasteiger charge is -2.36. The van der Waals surface area contributed by atoms with Crippen LogP contribution in [0.1, 0.15) is 26.7 Å². The Morgan fingerprint density at radius 1 is 1.56 bits per heavy atom. The highest BCUT2D eigenvalue weighted by molar-refractivity contribution is 7.99. The Hall–Kier alpha value is -0.710. The molecule has 1 aliphatic rings. The summed E-state index contributed by atoms with van der Waals surface area (Å²) in [7, 11) is 0. The first-order valence-corrected chi connectivity index (χ1v) is 6.81. The fourth-order valence-corrected chi connectivity index (χ4v) is 2.84. The van der Waals surface area contributed by atoms with Crippen LogP contribution in [0.15, 0.2) is 0 Å². The number of hydrogen-bond donors (Lipinski definition) is 1. The first-order chi connectivity index (χ1) is 7.56. The molecule has 0 radical (unpaired) electrons. The van der Waals surface area contributed by atoms with Gasteiger partial charge in [0.05, 0.1) is 12.5 Å². The third-order valence-electron chi connectivity index (χ3n) is 2.95. The average Bonchev–Trinajstić information content (AvgIpc) is 2.27. The van der Waals surface area contributed by atoms with Gasteiger partial charge in [0, 0.05) is 24.0 Å². The summed E-state index contributed by atoms with van der Waals surface area (Å²) in [6.07, 6.45) is 0.872. The van der Waals surface area contributed by atoms with Crippen molar-refractivity contribution in [1.82, 2.24) is 4.90 Å². The third-order valence-corrected chi connectivity index (χ3v) is 4.05. The summed E-state index contributed by atoms with van der Waals surface area (Å²) < 4.78 is 0. The zero-order valence-electron chi connectivity index (χ0n) is 9.81. The molecular weight excluding hydrogens is 226 g/mol. The lowest BCUT2D eigenvalue weighted by molar-refractivity contribution is -0.141. The summed E-state index contributed by atoms with van der Waals surface area (Å²) in [6.45, 7) is 4.57. The molecule has 4 nitrogen and oxygen atoms in total. The van der Waals surface area contributed by atoms with E-state index >= 15 is 0 Å². The molecule has 1 fully saturated rings. The van der Waals surface area contributed by atoms with Crippen LogP contribution in [0, 0.1) is 5.92 Å². The summed E-state index contributed by atoms with van der Waals surface area (Å²) in [5.41, 5.74) is 0. The first-order valence-electron chi connectivity index (χ1n) is 5.66. The summed E-state index contributed by atoms with van der Waals surface area (Å²) in [5, 5.41) is 8.81. The van der Waals surface area contributed by atoms with Crippen molar-refractivity contribution in [2.75, 3.05) is 18.1 Å². The molecule has 0 aliphatic carbocycles. The van der Waals surface area contributed by atoms with Gasteiger partial charge in [0.15, 0.2) is 0 Å². The smallest absolute Gasteiger partial charge is 0.305 e. The van der Waals surface area contributed by atoms with E-state index in [1.807, 2.05) is 13.8 Å². The molecule has 0 aromatic rings. The molecule has 0 spiro atoms. The Bertz CT molecular complexity index is 270. The number of carbonyl (C=O) groups excluding carboxylic acids is 1. The van der Waals surface area contributed by atoms with Crippen LogP contribution in [0.5, 0.6) is 0 Å². The second-order valence-corrected chi connectivity index (χ2v) is 5.32. The Balaban J connectivity index is 2.65. The van der Waals surface area contributed by atoms with Gasteiger partial charge in [-0.25, -0.2) is 0 Å². The van der Waals surface area contributed by atoms with Gasteiger partial charge < -0.3 is 10.0 Å². The van der Waals surface area contributed by atoms with Gasteiger partial charge in [-0.2, -0.15) is 11.8 Å². The van der Waals surface area contributed by atoms with Gasteiger partial charge in [-0.05, 0) is 6.42 Å². The maximum atomic E-state index is 12.0. The maximum Gasteiger partial charge on any atom is 0.305 e. The molecule has 1 aliphatic heterocycles. The largest absolute Gasteiger partial charge is 0.481 e. The normalized spacial score (nSPS) is 22.9. The van der Waals surface area contributed by atoms with Crippen LogP contribution in [0.3, 0.4) is 0 Å². The van der Waals surface area contributed by atoms with E-state index in [9.17, 15) is 9.59 Å². The molecule has 1 saturated heterocycles. The molecule has 1 rings (SSSR count). The lowest BCUT2D eigenvalue weighted by Crippen LogP contribution is -2.48. The molecule has 0 bridgehead atoms. The third kappa shape index (κ3) is 3.40.